The maximum absolute atomic E-state index is 12.2. The predicted octanol–water partition coefficient (Wildman–Crippen LogP) is 3.27. The van der Waals surface area contributed by atoms with Crippen LogP contribution in [0.4, 0.5) is 10.8 Å². The molecule has 0 aliphatic rings. The summed E-state index contributed by atoms with van der Waals surface area (Å²) in [7, 11) is 3.08. The molecule has 2 amide bonds. The van der Waals surface area contributed by atoms with E-state index < -0.39 is 0 Å². The van der Waals surface area contributed by atoms with Crippen molar-refractivity contribution in [1.82, 2.24) is 10.2 Å². The number of hydrogen-bond donors (Lipinski definition) is 2. The Morgan fingerprint density at radius 2 is 1.93 bits per heavy atom. The van der Waals surface area contributed by atoms with Crippen molar-refractivity contribution >= 4 is 45.7 Å². The van der Waals surface area contributed by atoms with Crippen molar-refractivity contribution in [3.05, 3.63) is 18.2 Å². The van der Waals surface area contributed by atoms with Gasteiger partial charge in [-0.2, -0.15) is 0 Å². The van der Waals surface area contributed by atoms with E-state index in [0.717, 1.165) is 0 Å². The molecule has 0 saturated carbocycles. The van der Waals surface area contributed by atoms with Crippen LogP contribution < -0.4 is 20.1 Å². The molecule has 0 fully saturated rings. The van der Waals surface area contributed by atoms with E-state index in [1.807, 2.05) is 13.8 Å². The van der Waals surface area contributed by atoms with Crippen molar-refractivity contribution in [2.45, 2.75) is 24.6 Å². The number of methoxy groups -OCH3 is 2. The summed E-state index contributed by atoms with van der Waals surface area (Å²) >= 11 is 2.48. The third-order valence-electron chi connectivity index (χ3n) is 3.25. The number of anilines is 2. The van der Waals surface area contributed by atoms with Crippen LogP contribution in [-0.2, 0) is 9.59 Å². The fourth-order valence-electron chi connectivity index (χ4n) is 2.09. The maximum Gasteiger partial charge on any atom is 0.234 e. The van der Waals surface area contributed by atoms with Crippen LogP contribution >= 0.6 is 23.1 Å². The van der Waals surface area contributed by atoms with Crippen LogP contribution in [0.2, 0.25) is 0 Å². The second kappa shape index (κ2) is 10.1. The molecular weight excluding hydrogens is 388 g/mol. The highest BCUT2D eigenvalue weighted by atomic mass is 32.2. The van der Waals surface area contributed by atoms with Crippen LogP contribution in [0, 0.1) is 5.92 Å². The number of carbonyl (C=O) groups excluding carboxylic acids is 2. The van der Waals surface area contributed by atoms with Gasteiger partial charge in [0.15, 0.2) is 4.34 Å². The largest absolute Gasteiger partial charge is 0.497 e. The van der Waals surface area contributed by atoms with E-state index >= 15 is 0 Å². The molecule has 1 aromatic carbocycles. The Kier molecular flexibility index (Phi) is 7.86. The Bertz CT molecular complexity index is 795. The minimum Gasteiger partial charge on any atom is -0.497 e. The highest BCUT2D eigenvalue weighted by Crippen LogP contribution is 2.30. The average Bonchev–Trinajstić information content (AvgIpc) is 3.06. The number of nitrogens with zero attached hydrogens (tertiary/aromatic N) is 2. The lowest BCUT2D eigenvalue weighted by Gasteiger charge is -2.11. The molecule has 0 spiro atoms. The Labute approximate surface area is 166 Å². The lowest BCUT2D eigenvalue weighted by molar-refractivity contribution is -0.117. The molecule has 0 atom stereocenters. The summed E-state index contributed by atoms with van der Waals surface area (Å²) in [5.74, 6) is 1.26. The minimum atomic E-state index is -0.216. The fourth-order valence-corrected chi connectivity index (χ4v) is 3.65. The van der Waals surface area contributed by atoms with Gasteiger partial charge in [0.25, 0.3) is 0 Å². The maximum atomic E-state index is 12.2. The molecule has 2 rings (SSSR count). The number of amides is 2. The third kappa shape index (κ3) is 6.72. The number of aromatic nitrogens is 2. The van der Waals surface area contributed by atoms with Gasteiger partial charge < -0.3 is 20.1 Å². The zero-order valence-corrected chi connectivity index (χ0v) is 17.2. The van der Waals surface area contributed by atoms with Crippen LogP contribution in [-0.4, -0.2) is 42.0 Å². The fraction of sp³-hybridized carbons (Fsp3) is 0.412. The zero-order valence-electron chi connectivity index (χ0n) is 15.6. The highest BCUT2D eigenvalue weighted by molar-refractivity contribution is 8.01. The summed E-state index contributed by atoms with van der Waals surface area (Å²) in [6.45, 7) is 3.94. The Morgan fingerprint density at radius 3 is 2.59 bits per heavy atom. The molecule has 1 aromatic heterocycles. The molecule has 0 bridgehead atoms. The Balaban J connectivity index is 1.88. The first kappa shape index (κ1) is 21.0. The first-order chi connectivity index (χ1) is 12.9. The van der Waals surface area contributed by atoms with Crippen molar-refractivity contribution in [1.29, 1.82) is 0 Å². The molecule has 8 nitrogen and oxygen atoms in total. The zero-order chi connectivity index (χ0) is 19.8. The molecule has 146 valence electrons. The number of benzene rings is 1. The summed E-state index contributed by atoms with van der Waals surface area (Å²) in [4.78, 5) is 24.0. The molecule has 0 aliphatic heterocycles. The van der Waals surface area contributed by atoms with Gasteiger partial charge in [-0.25, -0.2) is 0 Å². The summed E-state index contributed by atoms with van der Waals surface area (Å²) in [6, 6.07) is 5.16. The lowest BCUT2D eigenvalue weighted by Crippen LogP contribution is -2.14. The highest BCUT2D eigenvalue weighted by Gasteiger charge is 2.13. The minimum absolute atomic E-state index is 0.0967. The molecule has 27 heavy (non-hydrogen) atoms. The summed E-state index contributed by atoms with van der Waals surface area (Å²) in [5.41, 5.74) is 0.529. The van der Waals surface area contributed by atoms with Gasteiger partial charge in [0.1, 0.15) is 11.5 Å². The van der Waals surface area contributed by atoms with E-state index in [1.54, 1.807) is 25.3 Å². The number of hydrogen-bond acceptors (Lipinski definition) is 8. The van der Waals surface area contributed by atoms with E-state index in [0.29, 0.717) is 33.1 Å². The predicted molar refractivity (Wildman–Crippen MR) is 107 cm³/mol. The van der Waals surface area contributed by atoms with Crippen LogP contribution in [0.15, 0.2) is 22.5 Å². The number of ether oxygens (including phenoxy) is 2. The van der Waals surface area contributed by atoms with E-state index in [2.05, 4.69) is 20.8 Å². The van der Waals surface area contributed by atoms with E-state index in [4.69, 9.17) is 9.47 Å². The van der Waals surface area contributed by atoms with Gasteiger partial charge >= 0.3 is 0 Å². The van der Waals surface area contributed by atoms with Gasteiger partial charge in [0.05, 0.1) is 25.7 Å². The van der Waals surface area contributed by atoms with Gasteiger partial charge in [0.2, 0.25) is 16.9 Å². The Hall–Kier alpha value is -2.33. The van der Waals surface area contributed by atoms with Crippen LogP contribution in [0.25, 0.3) is 0 Å². The Morgan fingerprint density at radius 1 is 1.15 bits per heavy atom. The van der Waals surface area contributed by atoms with Gasteiger partial charge in [0, 0.05) is 12.5 Å². The standard InChI is InChI=1S/C17H22N4O4S2/c1-10(2)7-14(22)19-16-20-21-17(27-16)26-9-15(23)18-12-8-11(24-3)5-6-13(12)25-4/h5-6,8,10H,7,9H2,1-4H3,(H,18,23)(H,19,20,22). The van der Waals surface area contributed by atoms with Gasteiger partial charge in [-0.1, -0.05) is 36.9 Å². The summed E-state index contributed by atoms with van der Waals surface area (Å²) < 4.78 is 11.0. The molecule has 2 aromatic rings. The monoisotopic (exact) mass is 410 g/mol. The van der Waals surface area contributed by atoms with E-state index in [1.165, 1.54) is 30.2 Å². The summed E-state index contributed by atoms with van der Waals surface area (Å²) in [5, 5.41) is 13.8. The topological polar surface area (TPSA) is 102 Å². The molecule has 0 radical (unpaired) electrons. The van der Waals surface area contributed by atoms with E-state index in [-0.39, 0.29) is 23.5 Å². The first-order valence-corrected chi connectivity index (χ1v) is 9.99. The van der Waals surface area contributed by atoms with Gasteiger partial charge in [-0.3, -0.25) is 9.59 Å². The SMILES string of the molecule is COc1ccc(OC)c(NC(=O)CSc2nnc(NC(=O)CC(C)C)s2)c1. The second-order valence-corrected chi connectivity index (χ2v) is 8.12. The molecule has 0 unspecified atom stereocenters. The van der Waals surface area contributed by atoms with Crippen LogP contribution in [0.3, 0.4) is 0 Å². The molecule has 1 heterocycles. The van der Waals surface area contributed by atoms with Crippen molar-refractivity contribution in [3.63, 3.8) is 0 Å². The number of rotatable bonds is 9. The van der Waals surface area contributed by atoms with Gasteiger partial charge in [-0.15, -0.1) is 10.2 Å². The number of thioether (sulfide) groups is 1. The second-order valence-electron chi connectivity index (χ2n) is 5.92. The van der Waals surface area contributed by atoms with Crippen LogP contribution in [0.5, 0.6) is 11.5 Å². The molecule has 0 saturated heterocycles. The summed E-state index contributed by atoms with van der Waals surface area (Å²) in [6.07, 6.45) is 0.423. The van der Waals surface area contributed by atoms with E-state index in [9.17, 15) is 9.59 Å². The molecule has 0 aliphatic carbocycles. The van der Waals surface area contributed by atoms with Crippen LogP contribution in [0.1, 0.15) is 20.3 Å². The molecule has 2 N–H and O–H groups in total. The number of nitrogens with one attached hydrogen (secondary N) is 2. The lowest BCUT2D eigenvalue weighted by atomic mass is 10.1. The average molecular weight is 411 g/mol. The quantitative estimate of drug-likeness (QED) is 0.483. The van der Waals surface area contributed by atoms with Crippen molar-refractivity contribution in [3.8, 4) is 11.5 Å². The first-order valence-electron chi connectivity index (χ1n) is 8.19. The smallest absolute Gasteiger partial charge is 0.234 e. The van der Waals surface area contributed by atoms with Gasteiger partial charge in [-0.05, 0) is 18.1 Å². The normalized spacial score (nSPS) is 10.6. The molecule has 10 heteroatoms. The molecular formula is C17H22N4O4S2. The number of carbonyl (C=O) groups is 2. The third-order valence-corrected chi connectivity index (χ3v) is 5.23. The van der Waals surface area contributed by atoms with Crippen molar-refractivity contribution < 1.29 is 19.1 Å². The van der Waals surface area contributed by atoms with Crippen molar-refractivity contribution in [2.24, 2.45) is 5.92 Å². The van der Waals surface area contributed by atoms with Crippen molar-refractivity contribution in [2.75, 3.05) is 30.6 Å².